The highest BCUT2D eigenvalue weighted by atomic mass is 32.1. The van der Waals surface area contributed by atoms with Crippen molar-refractivity contribution in [1.82, 2.24) is 9.80 Å². The molecule has 1 saturated heterocycles. The van der Waals surface area contributed by atoms with Crippen LogP contribution in [0, 0.1) is 6.92 Å². The number of amides is 1. The van der Waals surface area contributed by atoms with Gasteiger partial charge in [0.2, 0.25) is 0 Å². The smallest absolute Gasteiger partial charge is 0.255 e. The van der Waals surface area contributed by atoms with Gasteiger partial charge >= 0.3 is 0 Å². The van der Waals surface area contributed by atoms with Crippen molar-refractivity contribution in [3.63, 3.8) is 0 Å². The first-order valence-electron chi connectivity index (χ1n) is 8.74. The minimum absolute atomic E-state index is 0.184. The van der Waals surface area contributed by atoms with Gasteiger partial charge in [0.25, 0.3) is 5.91 Å². The van der Waals surface area contributed by atoms with Crippen molar-refractivity contribution in [3.05, 3.63) is 46.2 Å². The second-order valence-corrected chi connectivity index (χ2v) is 7.81. The van der Waals surface area contributed by atoms with Crippen LogP contribution in [-0.2, 0) is 0 Å². The molecule has 128 valence electrons. The normalized spacial score (nSPS) is 16.4. The van der Waals surface area contributed by atoms with E-state index in [2.05, 4.69) is 37.8 Å². The van der Waals surface area contributed by atoms with E-state index in [1.54, 1.807) is 11.3 Å². The molecule has 2 aromatic rings. The number of carbonyl (C=O) groups excluding carboxylic acids is 1. The van der Waals surface area contributed by atoms with Crippen molar-refractivity contribution in [2.24, 2.45) is 0 Å². The lowest BCUT2D eigenvalue weighted by Gasteiger charge is -2.25. The second-order valence-electron chi connectivity index (χ2n) is 6.72. The van der Waals surface area contributed by atoms with Gasteiger partial charge in [0, 0.05) is 48.0 Å². The summed E-state index contributed by atoms with van der Waals surface area (Å²) in [6, 6.07) is 10.8. The van der Waals surface area contributed by atoms with E-state index in [9.17, 15) is 4.79 Å². The molecule has 0 aliphatic carbocycles. The maximum absolute atomic E-state index is 13.2. The topological polar surface area (TPSA) is 23.6 Å². The molecule has 3 rings (SSSR count). The maximum atomic E-state index is 13.2. The van der Waals surface area contributed by atoms with Crippen LogP contribution < -0.4 is 0 Å². The summed E-state index contributed by atoms with van der Waals surface area (Å²) in [5, 5.41) is 2.03. The molecule has 3 nitrogen and oxygen atoms in total. The first kappa shape index (κ1) is 17.2. The molecule has 1 aliphatic heterocycles. The SMILES string of the molecule is Cc1scc(C(=O)N2CCCN(C(C)C)CC2)c1-c1ccccc1. The van der Waals surface area contributed by atoms with Crippen LogP contribution in [0.3, 0.4) is 0 Å². The maximum Gasteiger partial charge on any atom is 0.255 e. The molecule has 1 amide bonds. The minimum atomic E-state index is 0.184. The van der Waals surface area contributed by atoms with Crippen molar-refractivity contribution in [1.29, 1.82) is 0 Å². The Kier molecular flexibility index (Phi) is 5.36. The summed E-state index contributed by atoms with van der Waals surface area (Å²) in [6.07, 6.45) is 1.05. The van der Waals surface area contributed by atoms with Crippen LogP contribution in [0.4, 0.5) is 0 Å². The minimum Gasteiger partial charge on any atom is -0.337 e. The Hall–Kier alpha value is -1.65. The Labute approximate surface area is 148 Å². The molecule has 0 N–H and O–H groups in total. The molecular formula is C20H26N2OS. The van der Waals surface area contributed by atoms with Crippen molar-refractivity contribution in [2.75, 3.05) is 26.2 Å². The van der Waals surface area contributed by atoms with Crippen LogP contribution in [0.1, 0.15) is 35.5 Å². The number of nitrogens with zero attached hydrogens (tertiary/aromatic N) is 2. The van der Waals surface area contributed by atoms with Crippen molar-refractivity contribution in [2.45, 2.75) is 33.2 Å². The molecule has 0 spiro atoms. The lowest BCUT2D eigenvalue weighted by Crippen LogP contribution is -2.37. The molecule has 1 fully saturated rings. The zero-order valence-corrected chi connectivity index (χ0v) is 15.6. The van der Waals surface area contributed by atoms with Crippen LogP contribution in [0.15, 0.2) is 35.7 Å². The number of thiophene rings is 1. The van der Waals surface area contributed by atoms with Crippen LogP contribution >= 0.6 is 11.3 Å². The van der Waals surface area contributed by atoms with Gasteiger partial charge in [-0.3, -0.25) is 9.69 Å². The van der Waals surface area contributed by atoms with E-state index in [-0.39, 0.29) is 5.91 Å². The predicted molar refractivity (Wildman–Crippen MR) is 102 cm³/mol. The Morgan fingerprint density at radius 1 is 1.08 bits per heavy atom. The summed E-state index contributed by atoms with van der Waals surface area (Å²) in [5.41, 5.74) is 3.11. The summed E-state index contributed by atoms with van der Waals surface area (Å²) in [5.74, 6) is 0.184. The summed E-state index contributed by atoms with van der Waals surface area (Å²) >= 11 is 1.67. The number of hydrogen-bond donors (Lipinski definition) is 0. The number of benzene rings is 1. The van der Waals surface area contributed by atoms with Gasteiger partial charge in [-0.1, -0.05) is 30.3 Å². The second kappa shape index (κ2) is 7.49. The molecule has 1 aliphatic rings. The fraction of sp³-hybridized carbons (Fsp3) is 0.450. The fourth-order valence-corrected chi connectivity index (χ4v) is 4.26. The third-order valence-electron chi connectivity index (χ3n) is 4.82. The highest BCUT2D eigenvalue weighted by Crippen LogP contribution is 2.33. The van der Waals surface area contributed by atoms with Crippen molar-refractivity contribution >= 4 is 17.2 Å². The van der Waals surface area contributed by atoms with Gasteiger partial charge in [0.15, 0.2) is 0 Å². The van der Waals surface area contributed by atoms with Gasteiger partial charge in [0.05, 0.1) is 5.56 Å². The summed E-state index contributed by atoms with van der Waals surface area (Å²) in [4.78, 5) is 18.9. The van der Waals surface area contributed by atoms with Gasteiger partial charge < -0.3 is 4.90 Å². The molecular weight excluding hydrogens is 316 g/mol. The van der Waals surface area contributed by atoms with E-state index in [4.69, 9.17) is 0 Å². The summed E-state index contributed by atoms with van der Waals surface area (Å²) in [6.45, 7) is 10.3. The van der Waals surface area contributed by atoms with E-state index >= 15 is 0 Å². The fourth-order valence-electron chi connectivity index (χ4n) is 3.40. The van der Waals surface area contributed by atoms with Crippen LogP contribution in [-0.4, -0.2) is 47.9 Å². The lowest BCUT2D eigenvalue weighted by atomic mass is 10.0. The Bertz CT molecular complexity index is 693. The monoisotopic (exact) mass is 342 g/mol. The number of hydrogen-bond acceptors (Lipinski definition) is 3. The zero-order valence-electron chi connectivity index (χ0n) is 14.8. The van der Waals surface area contributed by atoms with E-state index < -0.39 is 0 Å². The quantitative estimate of drug-likeness (QED) is 0.831. The Morgan fingerprint density at radius 2 is 1.83 bits per heavy atom. The molecule has 0 bridgehead atoms. The van der Waals surface area contributed by atoms with Crippen molar-refractivity contribution in [3.8, 4) is 11.1 Å². The first-order valence-corrected chi connectivity index (χ1v) is 9.62. The molecule has 0 radical (unpaired) electrons. The van der Waals surface area contributed by atoms with E-state index in [0.29, 0.717) is 6.04 Å². The van der Waals surface area contributed by atoms with Crippen molar-refractivity contribution < 1.29 is 4.79 Å². The standard InChI is InChI=1S/C20H26N2OS/c1-15(2)21-10-7-11-22(13-12-21)20(23)18-14-24-16(3)19(18)17-8-5-4-6-9-17/h4-6,8-9,14-15H,7,10-13H2,1-3H3. The van der Waals surface area contributed by atoms with Crippen LogP contribution in [0.2, 0.25) is 0 Å². The highest BCUT2D eigenvalue weighted by molar-refractivity contribution is 7.10. The summed E-state index contributed by atoms with van der Waals surface area (Å²) < 4.78 is 0. The molecule has 1 aromatic carbocycles. The van der Waals surface area contributed by atoms with Gasteiger partial charge in [-0.2, -0.15) is 0 Å². The average molecular weight is 343 g/mol. The number of rotatable bonds is 3. The molecule has 0 unspecified atom stereocenters. The third-order valence-corrected chi connectivity index (χ3v) is 5.73. The van der Waals surface area contributed by atoms with E-state index in [1.165, 1.54) is 4.88 Å². The third kappa shape index (κ3) is 3.55. The van der Waals surface area contributed by atoms with Gasteiger partial charge in [-0.15, -0.1) is 11.3 Å². The predicted octanol–water partition coefficient (Wildman–Crippen LogP) is 4.28. The molecule has 2 heterocycles. The Morgan fingerprint density at radius 3 is 2.54 bits per heavy atom. The average Bonchev–Trinajstić information content (AvgIpc) is 2.81. The summed E-state index contributed by atoms with van der Waals surface area (Å²) in [7, 11) is 0. The lowest BCUT2D eigenvalue weighted by molar-refractivity contribution is 0.0760. The van der Waals surface area contributed by atoms with Gasteiger partial charge in [-0.25, -0.2) is 0 Å². The molecule has 1 aromatic heterocycles. The van der Waals surface area contributed by atoms with E-state index in [0.717, 1.165) is 49.3 Å². The number of aryl methyl sites for hydroxylation is 1. The first-order chi connectivity index (χ1) is 11.6. The van der Waals surface area contributed by atoms with E-state index in [1.807, 2.05) is 28.5 Å². The largest absolute Gasteiger partial charge is 0.337 e. The van der Waals surface area contributed by atoms with Crippen LogP contribution in [0.5, 0.6) is 0 Å². The molecule has 0 saturated carbocycles. The molecule has 0 atom stereocenters. The highest BCUT2D eigenvalue weighted by Gasteiger charge is 2.25. The van der Waals surface area contributed by atoms with Gasteiger partial charge in [-0.05, 0) is 32.8 Å². The van der Waals surface area contributed by atoms with Gasteiger partial charge in [0.1, 0.15) is 0 Å². The number of carbonyl (C=O) groups is 1. The zero-order chi connectivity index (χ0) is 17.1. The molecule has 4 heteroatoms. The Balaban J connectivity index is 1.84. The molecule has 24 heavy (non-hydrogen) atoms. The van der Waals surface area contributed by atoms with Crippen LogP contribution in [0.25, 0.3) is 11.1 Å².